The van der Waals surface area contributed by atoms with Crippen LogP contribution in [0.15, 0.2) is 30.5 Å². The maximum atomic E-state index is 16.0. The third kappa shape index (κ3) is 5.24. The van der Waals surface area contributed by atoms with Crippen LogP contribution in [0.3, 0.4) is 0 Å². The fourth-order valence-corrected chi connectivity index (χ4v) is 8.07. The summed E-state index contributed by atoms with van der Waals surface area (Å²) in [5.74, 6) is -1.97. The summed E-state index contributed by atoms with van der Waals surface area (Å²) in [4.78, 5) is 43.4. The molecule has 42 heavy (non-hydrogen) atoms. The number of hydrogen-bond donors (Lipinski definition) is 3. The lowest BCUT2D eigenvalue weighted by Gasteiger charge is -2.51. The number of rotatable bonds is 7. The van der Waals surface area contributed by atoms with Crippen molar-refractivity contribution in [1.82, 2.24) is 15.6 Å². The second-order valence-corrected chi connectivity index (χ2v) is 13.8. The van der Waals surface area contributed by atoms with E-state index in [-0.39, 0.29) is 34.0 Å². The van der Waals surface area contributed by atoms with E-state index in [9.17, 15) is 14.4 Å². The number of halogens is 3. The molecule has 2 aromatic rings. The summed E-state index contributed by atoms with van der Waals surface area (Å²) in [6.45, 7) is 4.41. The van der Waals surface area contributed by atoms with E-state index in [1.54, 1.807) is 19.2 Å². The highest BCUT2D eigenvalue weighted by Crippen LogP contribution is 2.60. The molecule has 0 radical (unpaired) electrons. The van der Waals surface area contributed by atoms with Crippen molar-refractivity contribution in [2.24, 2.45) is 11.3 Å². The Labute approximate surface area is 256 Å². The molecule has 3 aliphatic rings. The maximum absolute atomic E-state index is 16.0. The number of nitrogens with one attached hydrogen (secondary N) is 3. The molecule has 0 unspecified atom stereocenters. The van der Waals surface area contributed by atoms with Crippen LogP contribution in [0.25, 0.3) is 0 Å². The molecule has 2 saturated carbocycles. The highest BCUT2D eigenvalue weighted by molar-refractivity contribution is 6.31. The van der Waals surface area contributed by atoms with Gasteiger partial charge in [-0.25, -0.2) is 9.37 Å². The molecule has 1 amide bonds. The van der Waals surface area contributed by atoms with E-state index in [4.69, 9.17) is 23.2 Å². The number of aldehydes is 2. The van der Waals surface area contributed by atoms with Gasteiger partial charge >= 0.3 is 0 Å². The van der Waals surface area contributed by atoms with Gasteiger partial charge < -0.3 is 20.2 Å². The zero-order valence-electron chi connectivity index (χ0n) is 24.3. The summed E-state index contributed by atoms with van der Waals surface area (Å²) in [7, 11) is 1.76. The van der Waals surface area contributed by atoms with Gasteiger partial charge in [0.25, 0.3) is 0 Å². The van der Waals surface area contributed by atoms with E-state index in [0.717, 1.165) is 25.4 Å². The van der Waals surface area contributed by atoms with Crippen LogP contribution in [0.5, 0.6) is 0 Å². The van der Waals surface area contributed by atoms with E-state index in [0.29, 0.717) is 54.8 Å². The molecular weight excluding hydrogens is 578 g/mol. The van der Waals surface area contributed by atoms with E-state index < -0.39 is 28.7 Å². The molecule has 226 valence electrons. The van der Waals surface area contributed by atoms with Gasteiger partial charge in [0, 0.05) is 47.4 Å². The second-order valence-electron chi connectivity index (χ2n) is 13.0. The lowest BCUT2D eigenvalue weighted by Crippen LogP contribution is -2.60. The minimum Gasteiger partial charge on any atom is -0.388 e. The molecule has 1 aliphatic heterocycles. The van der Waals surface area contributed by atoms with Crippen molar-refractivity contribution >= 4 is 47.4 Å². The van der Waals surface area contributed by atoms with Gasteiger partial charge in [-0.15, -0.1) is 0 Å². The smallest absolute Gasteiger partial charge is 0.238 e. The minimum atomic E-state index is -1.35. The number of anilines is 1. The molecule has 7 nitrogen and oxygen atoms in total. The largest absolute Gasteiger partial charge is 0.388 e. The van der Waals surface area contributed by atoms with Crippen LogP contribution in [0, 0.1) is 17.2 Å². The van der Waals surface area contributed by atoms with Crippen molar-refractivity contribution < 1.29 is 18.8 Å². The fraction of sp³-hybridized carbons (Fsp3) is 0.562. The van der Waals surface area contributed by atoms with Gasteiger partial charge in [-0.1, -0.05) is 43.1 Å². The van der Waals surface area contributed by atoms with Crippen LogP contribution in [-0.2, 0) is 19.8 Å². The Balaban J connectivity index is 1.70. The van der Waals surface area contributed by atoms with E-state index >= 15 is 4.39 Å². The highest BCUT2D eigenvalue weighted by atomic mass is 35.5. The molecule has 5 rings (SSSR count). The van der Waals surface area contributed by atoms with Crippen LogP contribution in [0.4, 0.5) is 10.1 Å². The van der Waals surface area contributed by atoms with Gasteiger partial charge in [0.2, 0.25) is 5.91 Å². The molecule has 10 heteroatoms. The first-order valence-electron chi connectivity index (χ1n) is 14.8. The SMILES string of the molecule is CNc1cc(Cl)ccc1[C@]1(C=O)[C@@H](c2ccnc(Cl)c2F)[C@H](C(=O)NC2CCC(C=O)CC2)NC12CCC(C)(C)CC2. The fourth-order valence-electron chi connectivity index (χ4n) is 7.74. The first kappa shape index (κ1) is 30.9. The summed E-state index contributed by atoms with van der Waals surface area (Å²) < 4.78 is 16.0. The molecule has 3 N–H and O–H groups in total. The highest BCUT2D eigenvalue weighted by Gasteiger charge is 2.68. The molecular formula is C32H39Cl2FN4O3. The summed E-state index contributed by atoms with van der Waals surface area (Å²) >= 11 is 12.6. The first-order chi connectivity index (χ1) is 20.0. The van der Waals surface area contributed by atoms with Gasteiger partial charge in [-0.3, -0.25) is 10.1 Å². The van der Waals surface area contributed by atoms with E-state index in [1.165, 1.54) is 12.3 Å². The quantitative estimate of drug-likeness (QED) is 0.262. The molecule has 1 spiro atoms. The topological polar surface area (TPSA) is 100 Å². The Hall–Kier alpha value is -2.55. The summed E-state index contributed by atoms with van der Waals surface area (Å²) in [6.07, 6.45) is 8.94. The average Bonchev–Trinajstić information content (AvgIpc) is 3.27. The lowest BCUT2D eigenvalue weighted by atomic mass is 9.53. The normalized spacial score (nSPS) is 30.0. The van der Waals surface area contributed by atoms with Crippen molar-refractivity contribution in [3.05, 3.63) is 57.6 Å². The van der Waals surface area contributed by atoms with Crippen LogP contribution < -0.4 is 16.0 Å². The third-order valence-electron chi connectivity index (χ3n) is 10.2. The molecule has 2 heterocycles. The molecule has 1 saturated heterocycles. The van der Waals surface area contributed by atoms with Crippen LogP contribution in [0.2, 0.25) is 10.2 Å². The number of amides is 1. The lowest BCUT2D eigenvalue weighted by molar-refractivity contribution is -0.124. The Morgan fingerprint density at radius 1 is 1.07 bits per heavy atom. The van der Waals surface area contributed by atoms with Gasteiger partial charge in [0.05, 0.1) is 11.5 Å². The van der Waals surface area contributed by atoms with Gasteiger partial charge in [-0.2, -0.15) is 0 Å². The van der Waals surface area contributed by atoms with Crippen LogP contribution in [-0.4, -0.2) is 48.1 Å². The second kappa shape index (κ2) is 11.9. The summed E-state index contributed by atoms with van der Waals surface area (Å²) in [6, 6.07) is 5.79. The predicted octanol–water partition coefficient (Wildman–Crippen LogP) is 5.97. The standard InChI is InChI=1S/C32H39Cl2FN4O3/c1-30(2)11-13-31(14-12-30)32(18-41,23-9-6-20(33)16-24(23)36-3)25(22-10-15-37-28(34)26(22)35)27(39-31)29(42)38-21-7-4-19(17-40)5-8-21/h6,9-10,15-19,21,25,27,36,39H,4-5,7-8,11-14H2,1-3H3,(H,38,42)/t19?,21?,25-,27+,32+/m0/s1. The third-order valence-corrected chi connectivity index (χ3v) is 10.7. The Morgan fingerprint density at radius 3 is 2.38 bits per heavy atom. The zero-order chi connectivity index (χ0) is 30.3. The van der Waals surface area contributed by atoms with Crippen molar-refractivity contribution in [3.63, 3.8) is 0 Å². The van der Waals surface area contributed by atoms with Crippen molar-refractivity contribution in [2.75, 3.05) is 12.4 Å². The Morgan fingerprint density at radius 2 is 1.76 bits per heavy atom. The van der Waals surface area contributed by atoms with Crippen molar-refractivity contribution in [3.8, 4) is 0 Å². The van der Waals surface area contributed by atoms with Crippen molar-refractivity contribution in [2.45, 2.75) is 94.2 Å². The average molecular weight is 618 g/mol. The zero-order valence-corrected chi connectivity index (χ0v) is 25.8. The molecule has 1 aromatic carbocycles. The predicted molar refractivity (Wildman–Crippen MR) is 163 cm³/mol. The molecule has 0 bridgehead atoms. The number of carbonyl (C=O) groups is 3. The number of aromatic nitrogens is 1. The minimum absolute atomic E-state index is 0.00464. The molecule has 2 aliphatic carbocycles. The molecule has 3 fully saturated rings. The summed E-state index contributed by atoms with van der Waals surface area (Å²) in [5.41, 5.74) is -0.706. The van der Waals surface area contributed by atoms with Gasteiger partial charge in [-0.05, 0) is 86.1 Å². The maximum Gasteiger partial charge on any atom is 0.238 e. The van der Waals surface area contributed by atoms with E-state index in [1.807, 2.05) is 6.07 Å². The number of carbonyl (C=O) groups excluding carboxylic acids is 3. The van der Waals surface area contributed by atoms with Crippen molar-refractivity contribution in [1.29, 1.82) is 0 Å². The number of nitrogens with zero attached hydrogens (tertiary/aromatic N) is 1. The molecule has 1 aromatic heterocycles. The Bertz CT molecular complexity index is 1350. The molecule has 3 atom stereocenters. The van der Waals surface area contributed by atoms with Crippen LogP contribution in [0.1, 0.15) is 82.3 Å². The van der Waals surface area contributed by atoms with Crippen LogP contribution >= 0.6 is 23.2 Å². The Kier molecular flexibility index (Phi) is 8.72. The first-order valence-corrected chi connectivity index (χ1v) is 15.5. The van der Waals surface area contributed by atoms with Gasteiger partial charge in [0.1, 0.15) is 12.6 Å². The number of benzene rings is 1. The van der Waals surface area contributed by atoms with Gasteiger partial charge in [0.15, 0.2) is 11.0 Å². The summed E-state index contributed by atoms with van der Waals surface area (Å²) in [5, 5.41) is 10.2. The number of hydrogen-bond acceptors (Lipinski definition) is 6. The number of pyridine rings is 1. The monoisotopic (exact) mass is 616 g/mol. The van der Waals surface area contributed by atoms with E-state index in [2.05, 4.69) is 34.8 Å².